The van der Waals surface area contributed by atoms with Crippen LogP contribution in [-0.2, 0) is 14.3 Å². The Hall–Kier alpha value is -1.38. The largest absolute Gasteiger partial charge is 0.490 e. The Morgan fingerprint density at radius 2 is 2.11 bits per heavy atom. The third-order valence-electron chi connectivity index (χ3n) is 3.82. The molecule has 19 heavy (non-hydrogen) atoms. The summed E-state index contributed by atoms with van der Waals surface area (Å²) in [5.41, 5.74) is -0.234. The molecular weight excluding hydrogens is 240 g/mol. The maximum Gasteiger partial charge on any atom is 0.175 e. The quantitative estimate of drug-likeness (QED) is 0.567. The molecule has 0 aromatic heterocycles. The molecule has 1 aliphatic heterocycles. The standard InChI is InChI=1S/C16H22O3/c1-5-11-9-10-7-6-8-12(17)13(14(10)19-11)15(18)16(2,3)4/h5,10-11H,1,6-9H2,2-4H3/t10-,11-/m0/s1. The Labute approximate surface area is 114 Å². The van der Waals surface area contributed by atoms with Gasteiger partial charge in [0.1, 0.15) is 11.9 Å². The number of carbonyl (C=O) groups is 2. The topological polar surface area (TPSA) is 43.4 Å². The Kier molecular flexibility index (Phi) is 3.66. The molecule has 1 heterocycles. The van der Waals surface area contributed by atoms with Crippen molar-refractivity contribution >= 4 is 11.6 Å². The first-order valence-corrected chi connectivity index (χ1v) is 6.96. The van der Waals surface area contributed by atoms with Crippen molar-refractivity contribution < 1.29 is 14.3 Å². The van der Waals surface area contributed by atoms with Gasteiger partial charge in [-0.2, -0.15) is 0 Å². The second-order valence-corrected chi connectivity index (χ2v) is 6.46. The van der Waals surface area contributed by atoms with Crippen molar-refractivity contribution in [3.05, 3.63) is 24.0 Å². The van der Waals surface area contributed by atoms with Crippen LogP contribution in [0.15, 0.2) is 24.0 Å². The van der Waals surface area contributed by atoms with Gasteiger partial charge in [0.25, 0.3) is 0 Å². The fourth-order valence-corrected chi connectivity index (χ4v) is 2.74. The number of allylic oxidation sites excluding steroid dienone is 2. The number of fused-ring (bicyclic) bond motifs is 1. The highest BCUT2D eigenvalue weighted by Gasteiger charge is 2.40. The molecule has 0 spiro atoms. The number of ketones is 2. The summed E-state index contributed by atoms with van der Waals surface area (Å²) in [5.74, 6) is 0.689. The van der Waals surface area contributed by atoms with Gasteiger partial charge in [-0.25, -0.2) is 0 Å². The van der Waals surface area contributed by atoms with Crippen LogP contribution in [0.2, 0.25) is 0 Å². The zero-order valence-corrected chi connectivity index (χ0v) is 12.0. The number of carbonyl (C=O) groups excluding carboxylic acids is 2. The van der Waals surface area contributed by atoms with Crippen LogP contribution in [0.4, 0.5) is 0 Å². The Balaban J connectivity index is 2.46. The highest BCUT2D eigenvalue weighted by atomic mass is 16.5. The molecule has 0 aromatic carbocycles. The van der Waals surface area contributed by atoms with Gasteiger partial charge in [-0.1, -0.05) is 33.4 Å². The molecule has 1 saturated heterocycles. The van der Waals surface area contributed by atoms with Crippen LogP contribution in [0, 0.1) is 11.3 Å². The van der Waals surface area contributed by atoms with E-state index in [1.54, 1.807) is 6.08 Å². The fraction of sp³-hybridized carbons (Fsp3) is 0.625. The van der Waals surface area contributed by atoms with Crippen LogP contribution in [0.3, 0.4) is 0 Å². The first kappa shape index (κ1) is 14.0. The minimum Gasteiger partial charge on any atom is -0.490 e. The average Bonchev–Trinajstić information content (AvgIpc) is 2.65. The van der Waals surface area contributed by atoms with E-state index in [-0.39, 0.29) is 23.6 Å². The van der Waals surface area contributed by atoms with Gasteiger partial charge in [-0.05, 0) is 19.3 Å². The van der Waals surface area contributed by atoms with Crippen LogP contribution < -0.4 is 0 Å². The lowest BCUT2D eigenvalue weighted by Gasteiger charge is -2.20. The predicted octanol–water partition coefficient (Wildman–Crippen LogP) is 3.20. The Morgan fingerprint density at radius 1 is 1.42 bits per heavy atom. The van der Waals surface area contributed by atoms with Crippen LogP contribution in [0.5, 0.6) is 0 Å². The average molecular weight is 262 g/mol. The zero-order chi connectivity index (χ0) is 14.2. The van der Waals surface area contributed by atoms with Crippen molar-refractivity contribution in [3.63, 3.8) is 0 Å². The summed E-state index contributed by atoms with van der Waals surface area (Å²) in [5, 5.41) is 0. The Morgan fingerprint density at radius 3 is 2.68 bits per heavy atom. The molecular formula is C16H22O3. The fourth-order valence-electron chi connectivity index (χ4n) is 2.74. The van der Waals surface area contributed by atoms with E-state index < -0.39 is 5.41 Å². The number of ether oxygens (including phenoxy) is 1. The van der Waals surface area contributed by atoms with Gasteiger partial charge in [0.05, 0.1) is 5.57 Å². The molecule has 0 amide bonds. The van der Waals surface area contributed by atoms with Gasteiger partial charge in [0, 0.05) is 17.8 Å². The number of Topliss-reactive ketones (excluding diaryl/α,β-unsaturated/α-hetero) is 2. The minimum atomic E-state index is -0.553. The predicted molar refractivity (Wildman–Crippen MR) is 73.5 cm³/mol. The first-order valence-electron chi connectivity index (χ1n) is 6.96. The second-order valence-electron chi connectivity index (χ2n) is 6.46. The van der Waals surface area contributed by atoms with E-state index in [1.807, 2.05) is 20.8 Å². The molecule has 1 aliphatic carbocycles. The van der Waals surface area contributed by atoms with Gasteiger partial charge in [0.15, 0.2) is 11.6 Å². The summed E-state index contributed by atoms with van der Waals surface area (Å²) in [4.78, 5) is 24.8. The summed E-state index contributed by atoms with van der Waals surface area (Å²) in [6.45, 7) is 9.27. The number of hydrogen-bond donors (Lipinski definition) is 0. The van der Waals surface area contributed by atoms with E-state index in [0.29, 0.717) is 17.8 Å². The van der Waals surface area contributed by atoms with Gasteiger partial charge in [-0.15, -0.1) is 0 Å². The van der Waals surface area contributed by atoms with E-state index in [2.05, 4.69) is 6.58 Å². The zero-order valence-electron chi connectivity index (χ0n) is 12.0. The lowest BCUT2D eigenvalue weighted by molar-refractivity contribution is -0.126. The van der Waals surface area contributed by atoms with E-state index in [9.17, 15) is 9.59 Å². The van der Waals surface area contributed by atoms with Crippen LogP contribution >= 0.6 is 0 Å². The first-order chi connectivity index (χ1) is 8.84. The number of hydrogen-bond acceptors (Lipinski definition) is 3. The van der Waals surface area contributed by atoms with Gasteiger partial charge < -0.3 is 4.74 Å². The maximum atomic E-state index is 12.5. The highest BCUT2D eigenvalue weighted by molar-refractivity contribution is 6.22. The van der Waals surface area contributed by atoms with Crippen molar-refractivity contribution in [2.24, 2.45) is 11.3 Å². The molecule has 0 N–H and O–H groups in total. The van der Waals surface area contributed by atoms with E-state index in [4.69, 9.17) is 4.74 Å². The monoisotopic (exact) mass is 262 g/mol. The van der Waals surface area contributed by atoms with E-state index in [1.165, 1.54) is 0 Å². The summed E-state index contributed by atoms with van der Waals surface area (Å²) in [6.07, 6.45) is 4.75. The van der Waals surface area contributed by atoms with Crippen LogP contribution in [0.1, 0.15) is 46.5 Å². The highest BCUT2D eigenvalue weighted by Crippen LogP contribution is 2.40. The third kappa shape index (κ3) is 2.65. The summed E-state index contributed by atoms with van der Waals surface area (Å²) < 4.78 is 5.81. The molecule has 3 nitrogen and oxygen atoms in total. The van der Waals surface area contributed by atoms with Gasteiger partial charge in [-0.3, -0.25) is 9.59 Å². The van der Waals surface area contributed by atoms with Gasteiger partial charge >= 0.3 is 0 Å². The molecule has 0 bridgehead atoms. The van der Waals surface area contributed by atoms with Crippen molar-refractivity contribution in [1.29, 1.82) is 0 Å². The Bertz CT molecular complexity index is 451. The molecule has 3 heteroatoms. The second kappa shape index (κ2) is 4.95. The smallest absolute Gasteiger partial charge is 0.175 e. The SMILES string of the molecule is C=C[C@H]1C[C@@H]2CCCC(=O)C(C(=O)C(C)(C)C)=C2O1. The molecule has 2 rings (SSSR count). The molecule has 104 valence electrons. The lowest BCUT2D eigenvalue weighted by atomic mass is 9.83. The van der Waals surface area contributed by atoms with Crippen molar-refractivity contribution in [2.75, 3.05) is 0 Å². The summed E-state index contributed by atoms with van der Waals surface area (Å²) in [6, 6.07) is 0. The molecule has 0 unspecified atom stereocenters. The molecule has 2 aliphatic rings. The van der Waals surface area contributed by atoms with Crippen LogP contribution in [0.25, 0.3) is 0 Å². The third-order valence-corrected chi connectivity index (χ3v) is 3.82. The molecule has 0 radical (unpaired) electrons. The van der Waals surface area contributed by atoms with Crippen molar-refractivity contribution in [3.8, 4) is 0 Å². The van der Waals surface area contributed by atoms with Crippen molar-refractivity contribution in [2.45, 2.75) is 52.6 Å². The normalized spacial score (nSPS) is 27.6. The molecule has 1 fully saturated rings. The summed E-state index contributed by atoms with van der Waals surface area (Å²) in [7, 11) is 0. The maximum absolute atomic E-state index is 12.5. The van der Waals surface area contributed by atoms with E-state index >= 15 is 0 Å². The number of rotatable bonds is 2. The molecule has 0 saturated carbocycles. The summed E-state index contributed by atoms with van der Waals surface area (Å²) >= 11 is 0. The van der Waals surface area contributed by atoms with Crippen LogP contribution in [-0.4, -0.2) is 17.7 Å². The molecule has 2 atom stereocenters. The molecule has 0 aromatic rings. The lowest BCUT2D eigenvalue weighted by Crippen LogP contribution is -2.27. The minimum absolute atomic E-state index is 0.0536. The van der Waals surface area contributed by atoms with E-state index in [0.717, 1.165) is 19.3 Å². The van der Waals surface area contributed by atoms with Crippen molar-refractivity contribution in [1.82, 2.24) is 0 Å². The van der Waals surface area contributed by atoms with Gasteiger partial charge in [0.2, 0.25) is 0 Å².